The van der Waals surface area contributed by atoms with Crippen LogP contribution < -0.4 is 0 Å². The lowest BCUT2D eigenvalue weighted by Gasteiger charge is -2.12. The molecule has 0 aliphatic heterocycles. The van der Waals surface area contributed by atoms with Crippen LogP contribution in [0.4, 0.5) is 0 Å². The second-order valence-electron chi connectivity index (χ2n) is 2.80. The third-order valence-electron chi connectivity index (χ3n) is 1.66. The standard InChI is InChI=1S/C8H18OS/c1-3-4-5-6-8(9)7(2)10/h7-10H,3-6H2,1-2H3. The molecule has 0 aromatic rings. The van der Waals surface area contributed by atoms with Gasteiger partial charge in [0.2, 0.25) is 0 Å². The molecule has 0 saturated carbocycles. The van der Waals surface area contributed by atoms with Gasteiger partial charge in [0.05, 0.1) is 6.10 Å². The summed E-state index contributed by atoms with van der Waals surface area (Å²) in [6, 6.07) is 0. The number of aliphatic hydroxyl groups is 1. The molecule has 0 bridgehead atoms. The largest absolute Gasteiger partial charge is 0.392 e. The number of hydrogen-bond acceptors (Lipinski definition) is 2. The van der Waals surface area contributed by atoms with Crippen molar-refractivity contribution in [3.63, 3.8) is 0 Å². The lowest BCUT2D eigenvalue weighted by molar-refractivity contribution is 0.162. The molecular weight excluding hydrogens is 144 g/mol. The van der Waals surface area contributed by atoms with Crippen LogP contribution in [0.2, 0.25) is 0 Å². The van der Waals surface area contributed by atoms with Gasteiger partial charge in [-0.2, -0.15) is 12.6 Å². The fourth-order valence-electron chi connectivity index (χ4n) is 0.845. The Morgan fingerprint density at radius 1 is 1.40 bits per heavy atom. The molecule has 10 heavy (non-hydrogen) atoms. The van der Waals surface area contributed by atoms with Crippen LogP contribution in [0.15, 0.2) is 0 Å². The molecule has 0 spiro atoms. The van der Waals surface area contributed by atoms with Gasteiger partial charge in [0.25, 0.3) is 0 Å². The minimum atomic E-state index is -0.213. The minimum absolute atomic E-state index is 0.122. The summed E-state index contributed by atoms with van der Waals surface area (Å²) in [7, 11) is 0. The quantitative estimate of drug-likeness (QED) is 0.469. The molecule has 1 N–H and O–H groups in total. The molecule has 0 rings (SSSR count). The number of aliphatic hydroxyl groups excluding tert-OH is 1. The molecule has 0 aliphatic rings. The predicted octanol–water partition coefficient (Wildman–Crippen LogP) is 2.25. The number of rotatable bonds is 5. The summed E-state index contributed by atoms with van der Waals surface area (Å²) in [5.74, 6) is 0. The van der Waals surface area contributed by atoms with Gasteiger partial charge < -0.3 is 5.11 Å². The van der Waals surface area contributed by atoms with Crippen molar-refractivity contribution in [1.29, 1.82) is 0 Å². The highest BCUT2D eigenvalue weighted by Crippen LogP contribution is 2.09. The monoisotopic (exact) mass is 162 g/mol. The van der Waals surface area contributed by atoms with Gasteiger partial charge in [0.1, 0.15) is 0 Å². The first kappa shape index (κ1) is 10.3. The van der Waals surface area contributed by atoms with E-state index in [0.29, 0.717) is 0 Å². The molecule has 0 heterocycles. The van der Waals surface area contributed by atoms with Gasteiger partial charge in [0, 0.05) is 5.25 Å². The lowest BCUT2D eigenvalue weighted by atomic mass is 10.1. The molecule has 0 saturated heterocycles. The zero-order chi connectivity index (χ0) is 7.98. The second-order valence-corrected chi connectivity index (χ2v) is 3.62. The summed E-state index contributed by atoms with van der Waals surface area (Å²) in [5, 5.41) is 9.40. The van der Waals surface area contributed by atoms with Crippen LogP contribution in [0, 0.1) is 0 Å². The highest BCUT2D eigenvalue weighted by atomic mass is 32.1. The third-order valence-corrected chi connectivity index (χ3v) is 2.00. The SMILES string of the molecule is CCCCCC(O)C(C)S. The molecule has 1 nitrogen and oxygen atoms in total. The average molecular weight is 162 g/mol. The Kier molecular flexibility index (Phi) is 6.24. The molecule has 0 aliphatic carbocycles. The smallest absolute Gasteiger partial charge is 0.0653 e. The van der Waals surface area contributed by atoms with E-state index in [9.17, 15) is 5.11 Å². The van der Waals surface area contributed by atoms with Crippen molar-refractivity contribution in [2.75, 3.05) is 0 Å². The molecule has 0 aromatic heterocycles. The summed E-state index contributed by atoms with van der Waals surface area (Å²) in [6.07, 6.45) is 4.25. The minimum Gasteiger partial charge on any atom is -0.392 e. The Hall–Kier alpha value is 0.310. The normalized spacial score (nSPS) is 16.8. The highest BCUT2D eigenvalue weighted by molar-refractivity contribution is 7.81. The van der Waals surface area contributed by atoms with Crippen molar-refractivity contribution in [3.8, 4) is 0 Å². The van der Waals surface area contributed by atoms with Crippen molar-refractivity contribution in [1.82, 2.24) is 0 Å². The van der Waals surface area contributed by atoms with Crippen molar-refractivity contribution < 1.29 is 5.11 Å². The fourth-order valence-corrected chi connectivity index (χ4v) is 0.994. The zero-order valence-corrected chi connectivity index (χ0v) is 7.77. The summed E-state index contributed by atoms with van der Waals surface area (Å²) in [4.78, 5) is 0. The lowest BCUT2D eigenvalue weighted by Crippen LogP contribution is -2.16. The third kappa shape index (κ3) is 5.12. The van der Waals surface area contributed by atoms with Gasteiger partial charge in [-0.05, 0) is 6.42 Å². The van der Waals surface area contributed by atoms with Gasteiger partial charge >= 0.3 is 0 Å². The van der Waals surface area contributed by atoms with Crippen LogP contribution in [-0.4, -0.2) is 16.5 Å². The fraction of sp³-hybridized carbons (Fsp3) is 1.00. The van der Waals surface area contributed by atoms with Gasteiger partial charge in [-0.25, -0.2) is 0 Å². The van der Waals surface area contributed by atoms with Gasteiger partial charge in [0.15, 0.2) is 0 Å². The van der Waals surface area contributed by atoms with E-state index in [1.54, 1.807) is 0 Å². The molecule has 0 fully saturated rings. The van der Waals surface area contributed by atoms with E-state index in [2.05, 4.69) is 19.6 Å². The average Bonchev–Trinajstić information content (AvgIpc) is 1.88. The van der Waals surface area contributed by atoms with E-state index in [0.717, 1.165) is 12.8 Å². The van der Waals surface area contributed by atoms with Crippen LogP contribution in [0.1, 0.15) is 39.5 Å². The van der Waals surface area contributed by atoms with Crippen LogP contribution >= 0.6 is 12.6 Å². The van der Waals surface area contributed by atoms with Crippen molar-refractivity contribution >= 4 is 12.6 Å². The van der Waals surface area contributed by atoms with Crippen LogP contribution in [0.5, 0.6) is 0 Å². The Labute approximate surface area is 69.2 Å². The Bertz CT molecular complexity index is 73.7. The van der Waals surface area contributed by atoms with Crippen molar-refractivity contribution in [2.24, 2.45) is 0 Å². The van der Waals surface area contributed by atoms with E-state index in [1.165, 1.54) is 12.8 Å². The summed E-state index contributed by atoms with van der Waals surface area (Å²) >= 11 is 4.15. The Morgan fingerprint density at radius 2 is 2.00 bits per heavy atom. The molecule has 2 atom stereocenters. The Morgan fingerprint density at radius 3 is 2.40 bits per heavy atom. The van der Waals surface area contributed by atoms with Crippen molar-refractivity contribution in [2.45, 2.75) is 50.9 Å². The van der Waals surface area contributed by atoms with Gasteiger partial charge in [-0.15, -0.1) is 0 Å². The molecule has 0 aromatic carbocycles. The van der Waals surface area contributed by atoms with E-state index < -0.39 is 0 Å². The Balaban J connectivity index is 3.13. The van der Waals surface area contributed by atoms with Gasteiger partial charge in [-0.3, -0.25) is 0 Å². The maximum Gasteiger partial charge on any atom is 0.0653 e. The van der Waals surface area contributed by atoms with Crippen molar-refractivity contribution in [3.05, 3.63) is 0 Å². The summed E-state index contributed by atoms with van der Waals surface area (Å²) in [5.41, 5.74) is 0. The van der Waals surface area contributed by atoms with Crippen LogP contribution in [0.25, 0.3) is 0 Å². The first-order valence-corrected chi connectivity index (χ1v) is 4.56. The number of thiol groups is 1. The molecule has 62 valence electrons. The highest BCUT2D eigenvalue weighted by Gasteiger charge is 2.07. The van der Waals surface area contributed by atoms with E-state index in [-0.39, 0.29) is 11.4 Å². The first-order valence-electron chi connectivity index (χ1n) is 4.04. The number of unbranched alkanes of at least 4 members (excludes halogenated alkanes) is 2. The second kappa shape index (κ2) is 6.05. The summed E-state index contributed by atoms with van der Waals surface area (Å²) < 4.78 is 0. The molecule has 0 amide bonds. The predicted molar refractivity (Wildman–Crippen MR) is 48.6 cm³/mol. The maximum atomic E-state index is 9.28. The topological polar surface area (TPSA) is 20.2 Å². The van der Waals surface area contributed by atoms with Crippen LogP contribution in [0.3, 0.4) is 0 Å². The molecule has 0 radical (unpaired) electrons. The first-order chi connectivity index (χ1) is 4.68. The van der Waals surface area contributed by atoms with E-state index >= 15 is 0 Å². The molecule has 2 heteroatoms. The van der Waals surface area contributed by atoms with Gasteiger partial charge in [-0.1, -0.05) is 33.1 Å². The number of hydrogen-bond donors (Lipinski definition) is 2. The maximum absolute atomic E-state index is 9.28. The summed E-state index contributed by atoms with van der Waals surface area (Å²) in [6.45, 7) is 4.09. The zero-order valence-electron chi connectivity index (χ0n) is 6.88. The molecular formula is C8H18OS. The van der Waals surface area contributed by atoms with Crippen LogP contribution in [-0.2, 0) is 0 Å². The molecule has 2 unspecified atom stereocenters. The van der Waals surface area contributed by atoms with E-state index in [1.807, 2.05) is 6.92 Å². The van der Waals surface area contributed by atoms with E-state index in [4.69, 9.17) is 0 Å².